The van der Waals surface area contributed by atoms with Crippen molar-refractivity contribution >= 4 is 5.91 Å². The third-order valence-electron chi connectivity index (χ3n) is 3.39. The molecule has 0 aliphatic carbocycles. The van der Waals surface area contributed by atoms with Crippen LogP contribution in [0.4, 0.5) is 0 Å². The molecule has 1 amide bonds. The molecule has 0 aromatic heterocycles. The lowest BCUT2D eigenvalue weighted by Gasteiger charge is -2.15. The van der Waals surface area contributed by atoms with Gasteiger partial charge in [0.2, 0.25) is 0 Å². The fourth-order valence-electron chi connectivity index (χ4n) is 1.97. The van der Waals surface area contributed by atoms with Crippen LogP contribution in [-0.2, 0) is 0 Å². The van der Waals surface area contributed by atoms with Crippen LogP contribution >= 0.6 is 0 Å². The molecule has 1 atom stereocenters. The standard InChI is InChI=1S/C18H21NO2/c1-13-9-10-16(11-14(13)2)18(20)19-15(3)12-21-17-7-5-4-6-8-17/h4-11,15H,12H2,1-3H3,(H,19,20). The van der Waals surface area contributed by atoms with E-state index in [1.165, 1.54) is 5.56 Å². The molecule has 0 aliphatic rings. The van der Waals surface area contributed by atoms with Crippen LogP contribution in [0.2, 0.25) is 0 Å². The minimum Gasteiger partial charge on any atom is -0.491 e. The summed E-state index contributed by atoms with van der Waals surface area (Å²) < 4.78 is 5.63. The first kappa shape index (κ1) is 15.1. The van der Waals surface area contributed by atoms with Gasteiger partial charge >= 0.3 is 0 Å². The number of aryl methyl sites for hydroxylation is 2. The second-order valence-corrected chi connectivity index (χ2v) is 5.30. The molecule has 0 radical (unpaired) electrons. The van der Waals surface area contributed by atoms with Crippen LogP contribution in [0.1, 0.15) is 28.4 Å². The maximum absolute atomic E-state index is 12.2. The fourth-order valence-corrected chi connectivity index (χ4v) is 1.97. The molecule has 0 fully saturated rings. The molecule has 0 spiro atoms. The van der Waals surface area contributed by atoms with Gasteiger partial charge in [-0.25, -0.2) is 0 Å². The zero-order valence-electron chi connectivity index (χ0n) is 12.7. The van der Waals surface area contributed by atoms with E-state index in [9.17, 15) is 4.79 Å². The third kappa shape index (κ3) is 4.35. The fraction of sp³-hybridized carbons (Fsp3) is 0.278. The SMILES string of the molecule is Cc1ccc(C(=O)NC(C)COc2ccccc2)cc1C. The van der Waals surface area contributed by atoms with Gasteiger partial charge in [-0.1, -0.05) is 24.3 Å². The smallest absolute Gasteiger partial charge is 0.251 e. The Morgan fingerprint density at radius 2 is 1.81 bits per heavy atom. The molecular formula is C18H21NO2. The molecule has 0 saturated carbocycles. The maximum atomic E-state index is 12.2. The molecule has 0 saturated heterocycles. The number of hydrogen-bond donors (Lipinski definition) is 1. The largest absolute Gasteiger partial charge is 0.491 e. The highest BCUT2D eigenvalue weighted by molar-refractivity contribution is 5.94. The van der Waals surface area contributed by atoms with Crippen molar-refractivity contribution in [1.82, 2.24) is 5.32 Å². The zero-order chi connectivity index (χ0) is 15.2. The predicted octanol–water partition coefficient (Wildman–Crippen LogP) is 3.50. The lowest BCUT2D eigenvalue weighted by atomic mass is 10.1. The number of benzene rings is 2. The summed E-state index contributed by atoms with van der Waals surface area (Å²) in [5, 5.41) is 2.95. The van der Waals surface area contributed by atoms with E-state index in [0.717, 1.165) is 11.3 Å². The average molecular weight is 283 g/mol. The highest BCUT2D eigenvalue weighted by Crippen LogP contribution is 2.11. The molecule has 2 rings (SSSR count). The topological polar surface area (TPSA) is 38.3 Å². The molecule has 3 nitrogen and oxygen atoms in total. The Morgan fingerprint density at radius 3 is 2.48 bits per heavy atom. The van der Waals surface area contributed by atoms with E-state index in [-0.39, 0.29) is 11.9 Å². The third-order valence-corrected chi connectivity index (χ3v) is 3.39. The minimum absolute atomic E-state index is 0.0562. The molecule has 21 heavy (non-hydrogen) atoms. The molecule has 3 heteroatoms. The van der Waals surface area contributed by atoms with Gasteiger partial charge in [-0.3, -0.25) is 4.79 Å². The second kappa shape index (κ2) is 6.93. The average Bonchev–Trinajstić information content (AvgIpc) is 2.49. The number of hydrogen-bond acceptors (Lipinski definition) is 2. The lowest BCUT2D eigenvalue weighted by molar-refractivity contribution is 0.0926. The van der Waals surface area contributed by atoms with E-state index in [1.54, 1.807) is 0 Å². The quantitative estimate of drug-likeness (QED) is 0.912. The highest BCUT2D eigenvalue weighted by atomic mass is 16.5. The number of carbonyl (C=O) groups is 1. The lowest BCUT2D eigenvalue weighted by Crippen LogP contribution is -2.36. The molecule has 2 aromatic carbocycles. The zero-order valence-corrected chi connectivity index (χ0v) is 12.7. The monoisotopic (exact) mass is 283 g/mol. The van der Waals surface area contributed by atoms with Crippen molar-refractivity contribution < 1.29 is 9.53 Å². The van der Waals surface area contributed by atoms with Crippen LogP contribution in [0, 0.1) is 13.8 Å². The summed E-state index contributed by atoms with van der Waals surface area (Å²) in [6.45, 7) is 6.42. The Balaban J connectivity index is 1.88. The predicted molar refractivity (Wildman–Crippen MR) is 84.8 cm³/mol. The van der Waals surface area contributed by atoms with Crippen molar-refractivity contribution in [3.05, 3.63) is 65.2 Å². The van der Waals surface area contributed by atoms with Crippen molar-refractivity contribution in [2.75, 3.05) is 6.61 Å². The van der Waals surface area contributed by atoms with E-state index in [0.29, 0.717) is 12.2 Å². The van der Waals surface area contributed by atoms with E-state index in [1.807, 2.05) is 69.3 Å². The van der Waals surface area contributed by atoms with Gasteiger partial charge in [-0.2, -0.15) is 0 Å². The van der Waals surface area contributed by atoms with Crippen LogP contribution in [0.5, 0.6) is 5.75 Å². The van der Waals surface area contributed by atoms with Gasteiger partial charge in [0.05, 0.1) is 6.04 Å². The van der Waals surface area contributed by atoms with Crippen molar-refractivity contribution in [2.45, 2.75) is 26.8 Å². The van der Waals surface area contributed by atoms with Gasteiger partial charge in [0, 0.05) is 5.56 Å². The van der Waals surface area contributed by atoms with E-state index < -0.39 is 0 Å². The molecule has 2 aromatic rings. The summed E-state index contributed by atoms with van der Waals surface area (Å²) in [4.78, 5) is 12.2. The van der Waals surface area contributed by atoms with Crippen molar-refractivity contribution in [2.24, 2.45) is 0 Å². The molecule has 110 valence electrons. The summed E-state index contributed by atoms with van der Waals surface area (Å²) in [7, 11) is 0. The van der Waals surface area contributed by atoms with Gasteiger partial charge in [-0.15, -0.1) is 0 Å². The van der Waals surface area contributed by atoms with Gasteiger partial charge < -0.3 is 10.1 Å². The van der Waals surface area contributed by atoms with Gasteiger partial charge in [-0.05, 0) is 56.2 Å². The maximum Gasteiger partial charge on any atom is 0.251 e. The summed E-state index contributed by atoms with van der Waals surface area (Å²) in [5.74, 6) is 0.743. The first-order chi connectivity index (χ1) is 10.1. The number of rotatable bonds is 5. The number of amides is 1. The summed E-state index contributed by atoms with van der Waals surface area (Å²) in [6, 6.07) is 15.3. The molecule has 1 unspecified atom stereocenters. The van der Waals surface area contributed by atoms with Crippen molar-refractivity contribution in [3.8, 4) is 5.75 Å². The minimum atomic E-state index is -0.0674. The van der Waals surface area contributed by atoms with E-state index in [4.69, 9.17) is 4.74 Å². The van der Waals surface area contributed by atoms with E-state index in [2.05, 4.69) is 5.32 Å². The Morgan fingerprint density at radius 1 is 1.10 bits per heavy atom. The second-order valence-electron chi connectivity index (χ2n) is 5.30. The highest BCUT2D eigenvalue weighted by Gasteiger charge is 2.11. The van der Waals surface area contributed by atoms with Gasteiger partial charge in [0.25, 0.3) is 5.91 Å². The number of nitrogens with one attached hydrogen (secondary N) is 1. The van der Waals surface area contributed by atoms with E-state index >= 15 is 0 Å². The molecular weight excluding hydrogens is 262 g/mol. The van der Waals surface area contributed by atoms with Gasteiger partial charge in [0.15, 0.2) is 0 Å². The summed E-state index contributed by atoms with van der Waals surface area (Å²) >= 11 is 0. The molecule has 0 aliphatic heterocycles. The normalized spacial score (nSPS) is 11.8. The first-order valence-corrected chi connectivity index (χ1v) is 7.12. The molecule has 0 heterocycles. The van der Waals surface area contributed by atoms with Crippen molar-refractivity contribution in [1.29, 1.82) is 0 Å². The molecule has 0 bridgehead atoms. The first-order valence-electron chi connectivity index (χ1n) is 7.12. The van der Waals surface area contributed by atoms with Gasteiger partial charge in [0.1, 0.15) is 12.4 Å². The van der Waals surface area contributed by atoms with Crippen LogP contribution in [-0.4, -0.2) is 18.6 Å². The van der Waals surface area contributed by atoms with Crippen LogP contribution in [0.25, 0.3) is 0 Å². The van der Waals surface area contributed by atoms with Crippen molar-refractivity contribution in [3.63, 3.8) is 0 Å². The Hall–Kier alpha value is -2.29. The van der Waals surface area contributed by atoms with Crippen LogP contribution in [0.3, 0.4) is 0 Å². The number of ether oxygens (including phenoxy) is 1. The Labute approximate surface area is 126 Å². The Bertz CT molecular complexity index is 608. The number of carbonyl (C=O) groups excluding carboxylic acids is 1. The number of para-hydroxylation sites is 1. The van der Waals surface area contributed by atoms with Crippen LogP contribution < -0.4 is 10.1 Å². The summed E-state index contributed by atoms with van der Waals surface area (Å²) in [6.07, 6.45) is 0. The molecule has 1 N–H and O–H groups in total. The van der Waals surface area contributed by atoms with Crippen LogP contribution in [0.15, 0.2) is 48.5 Å². The Kier molecular flexibility index (Phi) is 4.99. The summed E-state index contributed by atoms with van der Waals surface area (Å²) in [5.41, 5.74) is 2.99.